The topological polar surface area (TPSA) is 83.6 Å². The van der Waals surface area contributed by atoms with E-state index in [2.05, 4.69) is 36.3 Å². The molecule has 6 nitrogen and oxygen atoms in total. The zero-order valence-corrected chi connectivity index (χ0v) is 10.5. The van der Waals surface area contributed by atoms with Gasteiger partial charge in [-0.1, -0.05) is 24.1 Å². The van der Waals surface area contributed by atoms with Crippen molar-refractivity contribution in [1.29, 1.82) is 0 Å². The SMILES string of the molecule is CCN1C=CC=CC1.O=S(=O)(F)NS(=O)(=O)F. The fourth-order valence-corrected chi connectivity index (χ4v) is 1.81. The van der Waals surface area contributed by atoms with E-state index in [0.29, 0.717) is 0 Å². The van der Waals surface area contributed by atoms with Crippen LogP contribution in [0.1, 0.15) is 6.92 Å². The molecule has 1 aliphatic rings. The maximum absolute atomic E-state index is 11.1. The van der Waals surface area contributed by atoms with E-state index in [1.54, 1.807) is 0 Å². The molecule has 0 aromatic rings. The van der Waals surface area contributed by atoms with Crippen LogP contribution in [0.5, 0.6) is 0 Å². The summed E-state index contributed by atoms with van der Waals surface area (Å²) in [6.45, 7) is 4.34. The lowest BCUT2D eigenvalue weighted by molar-refractivity contribution is 0.436. The van der Waals surface area contributed by atoms with Crippen LogP contribution in [-0.4, -0.2) is 34.8 Å². The van der Waals surface area contributed by atoms with Crippen LogP contribution >= 0.6 is 0 Å². The molecule has 0 spiro atoms. The quantitative estimate of drug-likeness (QED) is 0.760. The summed E-state index contributed by atoms with van der Waals surface area (Å²) >= 11 is 0. The maximum atomic E-state index is 11.1. The molecule has 0 aromatic carbocycles. The second-order valence-electron chi connectivity index (χ2n) is 2.82. The lowest BCUT2D eigenvalue weighted by atomic mass is 10.3. The fraction of sp³-hybridized carbons (Fsp3) is 0.429. The van der Waals surface area contributed by atoms with Crippen molar-refractivity contribution < 1.29 is 24.6 Å². The monoisotopic (exact) mass is 290 g/mol. The summed E-state index contributed by atoms with van der Waals surface area (Å²) in [4.78, 5) is 2.25. The minimum atomic E-state index is -5.49. The second-order valence-corrected chi connectivity index (χ2v) is 5.23. The van der Waals surface area contributed by atoms with Gasteiger partial charge >= 0.3 is 20.8 Å². The van der Waals surface area contributed by atoms with Crippen LogP contribution in [0.2, 0.25) is 0 Å². The third kappa shape index (κ3) is 11.3. The molecule has 0 saturated heterocycles. The van der Waals surface area contributed by atoms with E-state index >= 15 is 0 Å². The van der Waals surface area contributed by atoms with Crippen LogP contribution in [0.3, 0.4) is 0 Å². The van der Waals surface area contributed by atoms with Gasteiger partial charge in [0, 0.05) is 13.1 Å². The number of nitrogens with one attached hydrogen (secondary N) is 1. The number of hydrogen-bond donors (Lipinski definition) is 1. The first-order valence-electron chi connectivity index (χ1n) is 4.39. The Morgan fingerprint density at radius 3 is 1.88 bits per heavy atom. The van der Waals surface area contributed by atoms with Crippen molar-refractivity contribution in [3.8, 4) is 0 Å². The van der Waals surface area contributed by atoms with Gasteiger partial charge in [0.1, 0.15) is 0 Å². The number of hydrogen-bond acceptors (Lipinski definition) is 5. The molecule has 0 fully saturated rings. The smallest absolute Gasteiger partial charge is 0.374 e. The van der Waals surface area contributed by atoms with Crippen molar-refractivity contribution in [2.24, 2.45) is 0 Å². The van der Waals surface area contributed by atoms with E-state index < -0.39 is 20.8 Å². The first-order valence-corrected chi connectivity index (χ1v) is 7.16. The molecule has 1 N–H and O–H groups in total. The summed E-state index contributed by atoms with van der Waals surface area (Å²) in [6, 6.07) is 0. The molecular weight excluding hydrogens is 278 g/mol. The van der Waals surface area contributed by atoms with Gasteiger partial charge in [0.15, 0.2) is 0 Å². The van der Waals surface area contributed by atoms with Crippen molar-refractivity contribution in [3.05, 3.63) is 24.4 Å². The Balaban J connectivity index is 0.000000302. The zero-order chi connectivity index (χ0) is 13.5. The Morgan fingerprint density at radius 2 is 1.71 bits per heavy atom. The van der Waals surface area contributed by atoms with Crippen molar-refractivity contribution in [2.75, 3.05) is 13.1 Å². The van der Waals surface area contributed by atoms with Gasteiger partial charge in [0.05, 0.1) is 0 Å². The average molecular weight is 290 g/mol. The molecule has 0 atom stereocenters. The highest BCUT2D eigenvalue weighted by molar-refractivity contribution is 7.99. The van der Waals surface area contributed by atoms with E-state index in [9.17, 15) is 24.6 Å². The third-order valence-corrected chi connectivity index (χ3v) is 3.08. The van der Waals surface area contributed by atoms with E-state index in [-0.39, 0.29) is 4.13 Å². The number of halogens is 2. The largest absolute Gasteiger partial charge is 0.387 e. The highest BCUT2D eigenvalue weighted by Gasteiger charge is 2.17. The Kier molecular flexibility index (Phi) is 6.27. The van der Waals surface area contributed by atoms with E-state index in [4.69, 9.17) is 0 Å². The summed E-state index contributed by atoms with van der Waals surface area (Å²) in [6.07, 6.45) is 8.41. The predicted molar refractivity (Wildman–Crippen MR) is 58.7 cm³/mol. The first kappa shape index (κ1) is 16.0. The number of rotatable bonds is 3. The second kappa shape index (κ2) is 6.67. The molecule has 100 valence electrons. The average Bonchev–Trinajstić information content (AvgIpc) is 2.14. The number of nitrogens with zero attached hydrogens (tertiary/aromatic N) is 1. The van der Waals surface area contributed by atoms with Crippen molar-refractivity contribution in [3.63, 3.8) is 0 Å². The molecule has 0 aromatic heterocycles. The Morgan fingerprint density at radius 1 is 1.18 bits per heavy atom. The lowest BCUT2D eigenvalue weighted by Gasteiger charge is -2.16. The molecule has 17 heavy (non-hydrogen) atoms. The summed E-state index contributed by atoms with van der Waals surface area (Å²) in [5, 5.41) is 0. The Labute approximate surface area is 99.3 Å². The van der Waals surface area contributed by atoms with Crippen molar-refractivity contribution >= 4 is 20.8 Å². The molecular formula is C7H12F2N2O4S2. The molecule has 10 heteroatoms. The maximum Gasteiger partial charge on any atom is 0.387 e. The Bertz CT molecular complexity index is 454. The van der Waals surface area contributed by atoms with Gasteiger partial charge in [-0.25, -0.2) is 0 Å². The minimum absolute atomic E-state index is 0.0694. The van der Waals surface area contributed by atoms with E-state index in [1.165, 1.54) is 0 Å². The number of allylic oxidation sites excluding steroid dienone is 2. The fourth-order valence-electron chi connectivity index (χ4n) is 0.860. The van der Waals surface area contributed by atoms with Crippen LogP contribution in [0.15, 0.2) is 24.4 Å². The van der Waals surface area contributed by atoms with Crippen LogP contribution in [0.4, 0.5) is 7.77 Å². The van der Waals surface area contributed by atoms with Gasteiger partial charge in [-0.15, -0.1) is 0 Å². The molecule has 0 unspecified atom stereocenters. The molecule has 0 saturated carbocycles. The first-order chi connectivity index (χ1) is 7.64. The van der Waals surface area contributed by atoms with Gasteiger partial charge in [0.25, 0.3) is 0 Å². The number of likely N-dealkylation sites (N-methyl/N-ethyl adjacent to an activating group) is 1. The molecule has 0 radical (unpaired) electrons. The Hall–Kier alpha value is -1.00. The molecule has 0 amide bonds. The van der Waals surface area contributed by atoms with Crippen LogP contribution in [0.25, 0.3) is 0 Å². The molecule has 0 bridgehead atoms. The molecule has 1 rings (SSSR count). The van der Waals surface area contributed by atoms with E-state index in [0.717, 1.165) is 13.1 Å². The molecule has 0 aliphatic carbocycles. The summed E-state index contributed by atoms with van der Waals surface area (Å²) in [5.41, 5.74) is 0. The standard InChI is InChI=1S/C7H11N.F2HNO4S2/c1-2-8-6-4-3-5-7-8;1-8(4,5)3-9(2,6)7/h3-6H,2,7H2,1H3;3H. The van der Waals surface area contributed by atoms with E-state index in [1.807, 2.05) is 0 Å². The van der Waals surface area contributed by atoms with Gasteiger partial charge in [-0.05, 0) is 19.2 Å². The van der Waals surface area contributed by atoms with Crippen LogP contribution in [0, 0.1) is 0 Å². The highest BCUT2D eigenvalue weighted by Crippen LogP contribution is 1.95. The minimum Gasteiger partial charge on any atom is -0.374 e. The third-order valence-electron chi connectivity index (χ3n) is 1.49. The van der Waals surface area contributed by atoms with Gasteiger partial charge in [0.2, 0.25) is 0 Å². The van der Waals surface area contributed by atoms with Gasteiger partial charge in [-0.2, -0.15) is 16.8 Å². The van der Waals surface area contributed by atoms with Crippen molar-refractivity contribution in [2.45, 2.75) is 6.92 Å². The van der Waals surface area contributed by atoms with Crippen molar-refractivity contribution in [1.82, 2.24) is 9.03 Å². The lowest BCUT2D eigenvalue weighted by Crippen LogP contribution is -2.23. The summed E-state index contributed by atoms with van der Waals surface area (Å²) < 4.78 is 59.3. The van der Waals surface area contributed by atoms with Crippen LogP contribution in [-0.2, 0) is 20.8 Å². The van der Waals surface area contributed by atoms with Crippen LogP contribution < -0.4 is 4.13 Å². The van der Waals surface area contributed by atoms with Gasteiger partial charge in [-0.3, -0.25) is 0 Å². The van der Waals surface area contributed by atoms with Gasteiger partial charge < -0.3 is 4.90 Å². The summed E-state index contributed by atoms with van der Waals surface area (Å²) in [7, 11) is -11.0. The molecule has 1 heterocycles. The summed E-state index contributed by atoms with van der Waals surface area (Å²) in [5.74, 6) is 0. The zero-order valence-electron chi connectivity index (χ0n) is 8.88. The highest BCUT2D eigenvalue weighted by atomic mass is 32.3. The molecule has 1 aliphatic heterocycles. The predicted octanol–water partition coefficient (Wildman–Crippen LogP) is 0.396. The normalized spacial score (nSPS) is 15.4.